The Morgan fingerprint density at radius 3 is 1.93 bits per heavy atom. The van der Waals surface area contributed by atoms with E-state index in [-0.39, 0.29) is 6.04 Å². The van der Waals surface area contributed by atoms with Gasteiger partial charge in [-0.05, 0) is 39.7 Å². The van der Waals surface area contributed by atoms with E-state index >= 15 is 0 Å². The first-order valence-corrected chi connectivity index (χ1v) is 5.96. The van der Waals surface area contributed by atoms with Crippen molar-refractivity contribution >= 4 is 5.97 Å². The second-order valence-electron chi connectivity index (χ2n) is 4.33. The zero-order chi connectivity index (χ0) is 12.1. The van der Waals surface area contributed by atoms with Gasteiger partial charge >= 0.3 is 5.97 Å². The average molecular weight is 215 g/mol. The van der Waals surface area contributed by atoms with Crippen LogP contribution in [0.25, 0.3) is 0 Å². The zero-order valence-electron chi connectivity index (χ0n) is 10.7. The Morgan fingerprint density at radius 2 is 1.73 bits per heavy atom. The van der Waals surface area contributed by atoms with Crippen molar-refractivity contribution in [3.05, 3.63) is 0 Å². The van der Waals surface area contributed by atoms with Crippen molar-refractivity contribution in [2.45, 2.75) is 65.5 Å². The number of hydrogen-bond donors (Lipinski definition) is 1. The predicted molar refractivity (Wildman–Crippen MR) is 63.1 cm³/mol. The van der Waals surface area contributed by atoms with Crippen molar-refractivity contribution in [3.63, 3.8) is 0 Å². The highest BCUT2D eigenvalue weighted by molar-refractivity contribution is 5.78. The molecule has 0 amide bonds. The van der Waals surface area contributed by atoms with Crippen LogP contribution in [0.15, 0.2) is 0 Å². The molecule has 1 N–H and O–H groups in total. The fourth-order valence-electron chi connectivity index (χ4n) is 2.29. The van der Waals surface area contributed by atoms with E-state index in [2.05, 4.69) is 25.7 Å². The molecule has 0 aliphatic rings. The third kappa shape index (κ3) is 2.94. The molecule has 0 radical (unpaired) electrons. The van der Waals surface area contributed by atoms with Crippen molar-refractivity contribution in [1.82, 2.24) is 4.90 Å². The molecule has 0 unspecified atom stereocenters. The molecule has 0 atom stereocenters. The van der Waals surface area contributed by atoms with Gasteiger partial charge in [0, 0.05) is 6.04 Å². The van der Waals surface area contributed by atoms with Crippen LogP contribution in [-0.2, 0) is 4.79 Å². The van der Waals surface area contributed by atoms with Gasteiger partial charge in [-0.25, -0.2) is 0 Å². The normalized spacial score (nSPS) is 12.5. The average Bonchev–Trinajstić information content (AvgIpc) is 2.18. The highest BCUT2D eigenvalue weighted by Crippen LogP contribution is 2.27. The molecule has 3 nitrogen and oxygen atoms in total. The van der Waals surface area contributed by atoms with E-state index in [0.29, 0.717) is 12.8 Å². The lowest BCUT2D eigenvalue weighted by Crippen LogP contribution is -2.56. The van der Waals surface area contributed by atoms with Crippen LogP contribution in [0.2, 0.25) is 0 Å². The van der Waals surface area contributed by atoms with Gasteiger partial charge in [0.1, 0.15) is 5.54 Å². The molecule has 15 heavy (non-hydrogen) atoms. The Labute approximate surface area is 93.5 Å². The molecule has 0 aliphatic heterocycles. The maximum atomic E-state index is 11.5. The molecule has 0 heterocycles. The van der Waals surface area contributed by atoms with Crippen molar-refractivity contribution in [2.75, 3.05) is 6.54 Å². The molecule has 0 aromatic rings. The Kier molecular flexibility index (Phi) is 5.88. The Balaban J connectivity index is 5.06. The van der Waals surface area contributed by atoms with Gasteiger partial charge in [0.2, 0.25) is 0 Å². The maximum Gasteiger partial charge on any atom is 0.324 e. The molecule has 0 aromatic heterocycles. The van der Waals surface area contributed by atoms with Crippen molar-refractivity contribution in [1.29, 1.82) is 0 Å². The highest BCUT2D eigenvalue weighted by Gasteiger charge is 2.41. The Bertz CT molecular complexity index is 198. The van der Waals surface area contributed by atoms with E-state index in [1.54, 1.807) is 0 Å². The minimum Gasteiger partial charge on any atom is -0.480 e. The summed E-state index contributed by atoms with van der Waals surface area (Å²) in [6, 6.07) is 0.279. The van der Waals surface area contributed by atoms with Gasteiger partial charge in [0.05, 0.1) is 0 Å². The van der Waals surface area contributed by atoms with Gasteiger partial charge < -0.3 is 5.11 Å². The lowest BCUT2D eigenvalue weighted by molar-refractivity contribution is -0.154. The van der Waals surface area contributed by atoms with E-state index in [1.165, 1.54) is 0 Å². The first-order chi connectivity index (χ1) is 6.96. The van der Waals surface area contributed by atoms with Gasteiger partial charge in [0.15, 0.2) is 0 Å². The number of carboxylic acid groups (broad SMARTS) is 1. The minimum absolute atomic E-state index is 0.279. The van der Waals surface area contributed by atoms with Crippen LogP contribution in [0, 0.1) is 0 Å². The van der Waals surface area contributed by atoms with Crippen molar-refractivity contribution in [3.8, 4) is 0 Å². The molecule has 90 valence electrons. The fraction of sp³-hybridized carbons (Fsp3) is 0.917. The number of aliphatic carboxylic acids is 1. The first kappa shape index (κ1) is 14.4. The summed E-state index contributed by atoms with van der Waals surface area (Å²) >= 11 is 0. The summed E-state index contributed by atoms with van der Waals surface area (Å²) < 4.78 is 0. The van der Waals surface area contributed by atoms with Crippen LogP contribution in [0.1, 0.15) is 53.9 Å². The molecular weight excluding hydrogens is 190 g/mol. The molecule has 0 rings (SSSR count). The fourth-order valence-corrected chi connectivity index (χ4v) is 2.29. The Morgan fingerprint density at radius 1 is 1.27 bits per heavy atom. The van der Waals surface area contributed by atoms with Gasteiger partial charge in [0.25, 0.3) is 0 Å². The molecular formula is C12H25NO2. The third-order valence-electron chi connectivity index (χ3n) is 3.21. The number of rotatable bonds is 7. The lowest BCUT2D eigenvalue weighted by atomic mass is 9.89. The van der Waals surface area contributed by atoms with E-state index in [1.807, 2.05) is 13.8 Å². The number of hydrogen-bond acceptors (Lipinski definition) is 2. The molecule has 0 aromatic carbocycles. The van der Waals surface area contributed by atoms with Gasteiger partial charge in [-0.3, -0.25) is 9.69 Å². The Hall–Kier alpha value is -0.570. The van der Waals surface area contributed by atoms with Crippen LogP contribution < -0.4 is 0 Å². The van der Waals surface area contributed by atoms with E-state index < -0.39 is 11.5 Å². The van der Waals surface area contributed by atoms with Crippen LogP contribution >= 0.6 is 0 Å². The standard InChI is InChI=1S/C12H25NO2/c1-6-9-13(10(4)5)12(7-2,8-3)11(14)15/h10H,6-9H2,1-5H3,(H,14,15). The smallest absolute Gasteiger partial charge is 0.324 e. The summed E-state index contributed by atoms with van der Waals surface area (Å²) in [5.74, 6) is -0.686. The zero-order valence-corrected chi connectivity index (χ0v) is 10.7. The summed E-state index contributed by atoms with van der Waals surface area (Å²) in [6.07, 6.45) is 2.32. The highest BCUT2D eigenvalue weighted by atomic mass is 16.4. The van der Waals surface area contributed by atoms with Crippen molar-refractivity contribution in [2.24, 2.45) is 0 Å². The second kappa shape index (κ2) is 6.11. The summed E-state index contributed by atoms with van der Waals surface area (Å²) in [5, 5.41) is 9.43. The number of carbonyl (C=O) groups is 1. The SMILES string of the molecule is CCCN(C(C)C)C(CC)(CC)C(=O)O. The van der Waals surface area contributed by atoms with E-state index in [4.69, 9.17) is 0 Å². The van der Waals surface area contributed by atoms with Crippen molar-refractivity contribution < 1.29 is 9.90 Å². The summed E-state index contributed by atoms with van der Waals surface area (Å²) in [7, 11) is 0. The van der Waals surface area contributed by atoms with E-state index in [0.717, 1.165) is 13.0 Å². The van der Waals surface area contributed by atoms with Gasteiger partial charge in [-0.1, -0.05) is 20.8 Å². The van der Waals surface area contributed by atoms with Crippen LogP contribution in [0.5, 0.6) is 0 Å². The second-order valence-corrected chi connectivity index (χ2v) is 4.33. The first-order valence-electron chi connectivity index (χ1n) is 5.96. The number of carboxylic acids is 1. The predicted octanol–water partition coefficient (Wildman–Crippen LogP) is 2.75. The molecule has 0 bridgehead atoms. The summed E-state index contributed by atoms with van der Waals surface area (Å²) in [5.41, 5.74) is -0.676. The molecule has 0 saturated carbocycles. The topological polar surface area (TPSA) is 40.5 Å². The third-order valence-corrected chi connectivity index (χ3v) is 3.21. The van der Waals surface area contributed by atoms with Gasteiger partial charge in [-0.2, -0.15) is 0 Å². The molecule has 3 heteroatoms. The van der Waals surface area contributed by atoms with Crippen LogP contribution in [-0.4, -0.2) is 34.1 Å². The molecule has 0 saturated heterocycles. The largest absolute Gasteiger partial charge is 0.480 e. The molecule has 0 spiro atoms. The summed E-state index contributed by atoms with van der Waals surface area (Å²) in [4.78, 5) is 13.6. The summed E-state index contributed by atoms with van der Waals surface area (Å²) in [6.45, 7) is 11.0. The minimum atomic E-state index is -0.686. The van der Waals surface area contributed by atoms with Crippen LogP contribution in [0.4, 0.5) is 0 Å². The quantitative estimate of drug-likeness (QED) is 0.710. The lowest BCUT2D eigenvalue weighted by Gasteiger charge is -2.42. The molecule has 0 fully saturated rings. The van der Waals surface area contributed by atoms with Crippen LogP contribution in [0.3, 0.4) is 0 Å². The van der Waals surface area contributed by atoms with Gasteiger partial charge in [-0.15, -0.1) is 0 Å². The van der Waals surface area contributed by atoms with E-state index in [9.17, 15) is 9.90 Å². The number of nitrogens with zero attached hydrogens (tertiary/aromatic N) is 1. The maximum absolute atomic E-state index is 11.5. The monoisotopic (exact) mass is 215 g/mol. The molecule has 0 aliphatic carbocycles.